The summed E-state index contributed by atoms with van der Waals surface area (Å²) >= 11 is 6.02. The summed E-state index contributed by atoms with van der Waals surface area (Å²) < 4.78 is 10.2. The predicted molar refractivity (Wildman–Crippen MR) is 144 cm³/mol. The van der Waals surface area contributed by atoms with Gasteiger partial charge < -0.3 is 25.0 Å². The van der Waals surface area contributed by atoms with Gasteiger partial charge in [0.15, 0.2) is 0 Å². The zero-order valence-corrected chi connectivity index (χ0v) is 22.2. The summed E-state index contributed by atoms with van der Waals surface area (Å²) in [6.45, 7) is 2.22. The quantitative estimate of drug-likeness (QED) is 0.335. The van der Waals surface area contributed by atoms with Gasteiger partial charge in [0, 0.05) is 36.2 Å². The van der Waals surface area contributed by atoms with Gasteiger partial charge in [-0.15, -0.1) is 0 Å². The molecule has 4 rings (SSSR count). The van der Waals surface area contributed by atoms with Gasteiger partial charge in [-0.25, -0.2) is 19.3 Å². The Morgan fingerprint density at radius 1 is 1.08 bits per heavy atom. The van der Waals surface area contributed by atoms with E-state index in [-0.39, 0.29) is 12.1 Å². The number of carbonyl (C=O) groups is 3. The third-order valence-electron chi connectivity index (χ3n) is 6.35. The number of imide groups is 1. The molecule has 0 saturated carbocycles. The number of hydrogen-bond acceptors (Lipinski definition) is 7. The number of pyridine rings is 1. The van der Waals surface area contributed by atoms with Gasteiger partial charge in [-0.2, -0.15) is 0 Å². The van der Waals surface area contributed by atoms with Crippen LogP contribution in [0.25, 0.3) is 10.9 Å². The van der Waals surface area contributed by atoms with E-state index in [1.807, 2.05) is 12.1 Å². The molecule has 0 bridgehead atoms. The summed E-state index contributed by atoms with van der Waals surface area (Å²) in [6.07, 6.45) is 1.68. The van der Waals surface area contributed by atoms with Crippen molar-refractivity contribution in [2.24, 2.45) is 0 Å². The van der Waals surface area contributed by atoms with Crippen LogP contribution in [0.5, 0.6) is 5.75 Å². The van der Waals surface area contributed by atoms with Crippen LogP contribution in [0.3, 0.4) is 0 Å². The zero-order chi connectivity index (χ0) is 27.4. The predicted octanol–water partition coefficient (Wildman–Crippen LogP) is 4.57. The van der Waals surface area contributed by atoms with Gasteiger partial charge in [-0.3, -0.25) is 4.98 Å². The molecule has 2 N–H and O–H groups in total. The molecule has 0 radical (unpaired) electrons. The fraction of sp³-hybridized carbons (Fsp3) is 0.259. The summed E-state index contributed by atoms with van der Waals surface area (Å²) in [5.74, 6) is -0.0334. The Morgan fingerprint density at radius 2 is 1.82 bits per heavy atom. The first kappa shape index (κ1) is 26.7. The van der Waals surface area contributed by atoms with Crippen molar-refractivity contribution in [3.05, 3.63) is 76.6 Å². The van der Waals surface area contributed by atoms with Crippen molar-refractivity contribution >= 4 is 46.2 Å². The van der Waals surface area contributed by atoms with Gasteiger partial charge in [-0.1, -0.05) is 29.8 Å². The molecule has 2 aromatic carbocycles. The number of nitrogens with zero attached hydrogens (tertiary/aromatic N) is 3. The first-order valence-corrected chi connectivity index (χ1v) is 12.2. The Morgan fingerprint density at radius 3 is 2.50 bits per heavy atom. The molecule has 10 nitrogen and oxygen atoms in total. The molecule has 4 amide bonds. The zero-order valence-electron chi connectivity index (χ0n) is 21.4. The van der Waals surface area contributed by atoms with Crippen LogP contribution in [0.1, 0.15) is 18.5 Å². The van der Waals surface area contributed by atoms with Crippen molar-refractivity contribution in [1.29, 1.82) is 0 Å². The highest BCUT2D eigenvalue weighted by Crippen LogP contribution is 2.37. The summed E-state index contributed by atoms with van der Waals surface area (Å²) in [6, 6.07) is 12.0. The number of carbonyl (C=O) groups excluding carboxylic acids is 3. The van der Waals surface area contributed by atoms with Crippen LogP contribution in [0.4, 0.5) is 15.3 Å². The normalized spacial score (nSPS) is 15.5. The van der Waals surface area contributed by atoms with Gasteiger partial charge >= 0.3 is 18.0 Å². The van der Waals surface area contributed by atoms with Gasteiger partial charge in [0.05, 0.1) is 37.2 Å². The number of anilines is 1. The van der Waals surface area contributed by atoms with Gasteiger partial charge in [0.1, 0.15) is 11.8 Å². The molecular weight excluding hydrogens is 510 g/mol. The lowest BCUT2D eigenvalue weighted by atomic mass is 9.93. The first-order valence-electron chi connectivity index (χ1n) is 11.8. The van der Waals surface area contributed by atoms with Gasteiger partial charge in [0.2, 0.25) is 0 Å². The van der Waals surface area contributed by atoms with Crippen LogP contribution in [0.15, 0.2) is 66.0 Å². The molecule has 38 heavy (non-hydrogen) atoms. The molecule has 0 spiro atoms. The second-order valence-electron chi connectivity index (χ2n) is 8.60. The van der Waals surface area contributed by atoms with E-state index >= 15 is 0 Å². The molecule has 11 heteroatoms. The van der Waals surface area contributed by atoms with Gasteiger partial charge in [0.25, 0.3) is 0 Å². The molecule has 198 valence electrons. The summed E-state index contributed by atoms with van der Waals surface area (Å²) in [5, 5.41) is 7.51. The first-order chi connectivity index (χ1) is 18.2. The minimum absolute atomic E-state index is 0.190. The number of rotatable bonds is 7. The number of urea groups is 2. The summed E-state index contributed by atoms with van der Waals surface area (Å²) in [7, 11) is 4.30. The van der Waals surface area contributed by atoms with Crippen molar-refractivity contribution < 1.29 is 23.9 Å². The van der Waals surface area contributed by atoms with E-state index in [4.69, 9.17) is 21.1 Å². The van der Waals surface area contributed by atoms with Crippen LogP contribution >= 0.6 is 11.6 Å². The van der Waals surface area contributed by atoms with Crippen molar-refractivity contribution in [3.8, 4) is 5.75 Å². The largest absolute Gasteiger partial charge is 0.497 e. The molecule has 1 aliphatic heterocycles. The SMILES string of the molecule is COC(=O)C1=C(C)N(C)C(=O)N(C(=O)NCCNc2cnc3cc(Cl)ccc3c2)C1c1ccc(OC)cc1. The summed E-state index contributed by atoms with van der Waals surface area (Å²) in [5.41, 5.74) is 2.69. The smallest absolute Gasteiger partial charge is 0.338 e. The highest BCUT2D eigenvalue weighted by atomic mass is 35.5. The molecule has 1 atom stereocenters. The average Bonchev–Trinajstić information content (AvgIpc) is 2.93. The van der Waals surface area contributed by atoms with E-state index in [1.165, 1.54) is 26.2 Å². The summed E-state index contributed by atoms with van der Waals surface area (Å²) in [4.78, 5) is 46.1. The maximum absolute atomic E-state index is 13.4. The maximum atomic E-state index is 13.4. The highest BCUT2D eigenvalue weighted by molar-refractivity contribution is 6.31. The molecule has 1 aromatic heterocycles. The van der Waals surface area contributed by atoms with Crippen molar-refractivity contribution in [2.45, 2.75) is 13.0 Å². The van der Waals surface area contributed by atoms with Crippen molar-refractivity contribution in [1.82, 2.24) is 20.1 Å². The topological polar surface area (TPSA) is 113 Å². The van der Waals surface area contributed by atoms with Crippen molar-refractivity contribution in [2.75, 3.05) is 39.7 Å². The number of fused-ring (bicyclic) bond motifs is 1. The fourth-order valence-corrected chi connectivity index (χ4v) is 4.42. The molecule has 2 heterocycles. The van der Waals surface area contributed by atoms with Crippen LogP contribution in [0.2, 0.25) is 5.02 Å². The number of allylic oxidation sites excluding steroid dienone is 1. The molecule has 1 aliphatic rings. The molecule has 0 aliphatic carbocycles. The van der Waals surface area contributed by atoms with Crippen LogP contribution < -0.4 is 15.4 Å². The number of nitrogens with one attached hydrogen (secondary N) is 2. The number of methoxy groups -OCH3 is 2. The lowest BCUT2D eigenvalue weighted by molar-refractivity contribution is -0.137. The van der Waals surface area contributed by atoms with E-state index in [0.29, 0.717) is 28.6 Å². The fourth-order valence-electron chi connectivity index (χ4n) is 4.25. The Balaban J connectivity index is 1.52. The van der Waals surface area contributed by atoms with Crippen LogP contribution in [-0.2, 0) is 9.53 Å². The highest BCUT2D eigenvalue weighted by Gasteiger charge is 2.44. The minimum Gasteiger partial charge on any atom is -0.497 e. The third-order valence-corrected chi connectivity index (χ3v) is 6.58. The van der Waals surface area contributed by atoms with Crippen LogP contribution in [0, 0.1) is 0 Å². The van der Waals surface area contributed by atoms with E-state index in [1.54, 1.807) is 49.5 Å². The van der Waals surface area contributed by atoms with E-state index in [9.17, 15) is 14.4 Å². The van der Waals surface area contributed by atoms with Crippen molar-refractivity contribution in [3.63, 3.8) is 0 Å². The number of amides is 4. The molecule has 0 fully saturated rings. The monoisotopic (exact) mass is 537 g/mol. The lowest BCUT2D eigenvalue weighted by Gasteiger charge is -2.40. The van der Waals surface area contributed by atoms with E-state index in [0.717, 1.165) is 21.5 Å². The second-order valence-corrected chi connectivity index (χ2v) is 9.03. The molecular formula is C27H28ClN5O5. The average molecular weight is 538 g/mol. The second kappa shape index (κ2) is 11.4. The Hall–Kier alpha value is -4.31. The molecule has 1 unspecified atom stereocenters. The number of benzene rings is 2. The number of hydrogen-bond donors (Lipinski definition) is 2. The maximum Gasteiger partial charge on any atom is 0.338 e. The van der Waals surface area contributed by atoms with E-state index < -0.39 is 24.1 Å². The Kier molecular flexibility index (Phi) is 8.02. The number of aromatic nitrogens is 1. The molecule has 0 saturated heterocycles. The lowest BCUT2D eigenvalue weighted by Crippen LogP contribution is -2.55. The Labute approximate surface area is 225 Å². The Bertz CT molecular complexity index is 1410. The number of halogens is 1. The third kappa shape index (κ3) is 5.35. The van der Waals surface area contributed by atoms with Crippen LogP contribution in [-0.4, -0.2) is 67.2 Å². The molecule has 3 aromatic rings. The van der Waals surface area contributed by atoms with E-state index in [2.05, 4.69) is 15.6 Å². The number of ether oxygens (including phenoxy) is 2. The standard InChI is InChI=1S/C27H28ClN5O5/c1-16-23(25(34)38-4)24(17-6-9-21(37-3)10-7-17)33(27(36)32(16)2)26(35)30-12-11-29-20-13-18-5-8-19(28)14-22(18)31-15-20/h5-10,13-15,24,29H,11-12H2,1-4H3,(H,30,35). The van der Waals surface area contributed by atoms with Gasteiger partial charge in [-0.05, 0) is 42.8 Å². The number of esters is 1. The minimum atomic E-state index is -0.985.